The smallest absolute Gasteiger partial charge is 0.377 e. The predicted molar refractivity (Wildman–Crippen MR) is 87.2 cm³/mol. The van der Waals surface area contributed by atoms with Crippen molar-refractivity contribution in [2.24, 2.45) is 5.73 Å². The molecule has 1 fully saturated rings. The molecule has 1 saturated heterocycles. The number of hydrogen-bond acceptors (Lipinski definition) is 6. The maximum Gasteiger partial charge on any atom is 0.504 e. The highest BCUT2D eigenvalue weighted by atomic mass is 19.4. The van der Waals surface area contributed by atoms with Crippen molar-refractivity contribution in [3.8, 4) is 11.1 Å². The van der Waals surface area contributed by atoms with Crippen molar-refractivity contribution >= 4 is 11.8 Å². The molecule has 2 aromatic heterocycles. The Morgan fingerprint density at radius 1 is 1.39 bits per heavy atom. The van der Waals surface area contributed by atoms with Gasteiger partial charge in [0.15, 0.2) is 5.60 Å². The zero-order valence-corrected chi connectivity index (χ0v) is 14.5. The number of halogens is 3. The minimum absolute atomic E-state index is 0.0278. The molecule has 4 N–H and O–H groups in total. The van der Waals surface area contributed by atoms with Crippen LogP contribution in [0.2, 0.25) is 0 Å². The number of aliphatic hydroxyl groups is 1. The molecule has 9 nitrogen and oxygen atoms in total. The molecule has 0 spiro atoms. The first kappa shape index (κ1) is 19.8. The zero-order chi connectivity index (χ0) is 20.7. The highest BCUT2D eigenvalue weighted by Crippen LogP contribution is 2.43. The van der Waals surface area contributed by atoms with Crippen LogP contribution in [0.1, 0.15) is 12.6 Å². The molecule has 3 heterocycles. The van der Waals surface area contributed by atoms with Crippen LogP contribution in [0.5, 0.6) is 0 Å². The summed E-state index contributed by atoms with van der Waals surface area (Å²) in [5.41, 5.74) is -0.616. The topological polar surface area (TPSA) is 132 Å². The molecule has 2 aromatic rings. The van der Waals surface area contributed by atoms with Gasteiger partial charge in [0.2, 0.25) is 5.60 Å². The lowest BCUT2D eigenvalue weighted by Gasteiger charge is -2.43. The monoisotopic (exact) mass is 399 g/mol. The second-order valence-electron chi connectivity index (χ2n) is 6.26. The van der Waals surface area contributed by atoms with Crippen molar-refractivity contribution in [1.29, 1.82) is 0 Å². The number of hydrogen-bond donors (Lipinski definition) is 3. The maximum absolute atomic E-state index is 13.3. The summed E-state index contributed by atoms with van der Waals surface area (Å²) in [6, 6.07) is 2.77. The highest BCUT2D eigenvalue weighted by molar-refractivity contribution is 5.98. The summed E-state index contributed by atoms with van der Waals surface area (Å²) in [6.45, 7) is 0.729. The van der Waals surface area contributed by atoms with Gasteiger partial charge in [0.05, 0.1) is 6.61 Å². The van der Waals surface area contributed by atoms with E-state index in [9.17, 15) is 27.9 Å². The van der Waals surface area contributed by atoms with Gasteiger partial charge in [-0.15, -0.1) is 13.2 Å². The van der Waals surface area contributed by atoms with E-state index in [1.165, 1.54) is 24.5 Å². The molecule has 0 saturated carbocycles. The summed E-state index contributed by atoms with van der Waals surface area (Å²) in [7, 11) is 0. The summed E-state index contributed by atoms with van der Waals surface area (Å²) in [5.74, 6) is -2.41. The quantitative estimate of drug-likeness (QED) is 0.663. The summed E-state index contributed by atoms with van der Waals surface area (Å²) in [5, 5.41) is 16.6. The number of ether oxygens (including phenoxy) is 1. The normalized spacial score (nSPS) is 22.4. The van der Waals surface area contributed by atoms with Crippen LogP contribution in [0, 0.1) is 0 Å². The van der Waals surface area contributed by atoms with Crippen LogP contribution in [-0.4, -0.2) is 50.4 Å². The van der Waals surface area contributed by atoms with Gasteiger partial charge >= 0.3 is 6.30 Å². The third-order valence-corrected chi connectivity index (χ3v) is 4.49. The number of alkyl halides is 3. The van der Waals surface area contributed by atoms with E-state index in [-0.39, 0.29) is 29.0 Å². The van der Waals surface area contributed by atoms with Crippen molar-refractivity contribution < 1.29 is 32.6 Å². The molecule has 2 unspecified atom stereocenters. The molecule has 3 rings (SSSR count). The number of carbonyl (C=O) groups excluding carboxylic acids is 2. The maximum atomic E-state index is 13.3. The fourth-order valence-electron chi connectivity index (χ4n) is 3.01. The number of rotatable bonds is 4. The number of aromatic nitrogens is 3. The third kappa shape index (κ3) is 2.90. The Morgan fingerprint density at radius 2 is 2.04 bits per heavy atom. The van der Waals surface area contributed by atoms with Gasteiger partial charge < -0.3 is 20.9 Å². The molecule has 1 aliphatic heterocycles. The lowest BCUT2D eigenvalue weighted by atomic mass is 9.77. The summed E-state index contributed by atoms with van der Waals surface area (Å²) >= 11 is 0. The number of pyridine rings is 1. The van der Waals surface area contributed by atoms with Crippen LogP contribution in [-0.2, 0) is 26.2 Å². The standard InChI is InChI=1S/C16H16F3N5O4/c1-14(27,12(20)25)15(13(26)22-6-7-28-15)11-10(9-2-4-21-5-3-9)8-24(23-11)16(17,18)19/h2-5,8,27H,6-7H2,1H3,(H2,20,25)(H,22,26). The van der Waals surface area contributed by atoms with E-state index < -0.39 is 35.0 Å². The van der Waals surface area contributed by atoms with Crippen LogP contribution in [0.15, 0.2) is 30.7 Å². The molecule has 0 radical (unpaired) electrons. The van der Waals surface area contributed by atoms with Crippen molar-refractivity contribution in [3.05, 3.63) is 36.4 Å². The summed E-state index contributed by atoms with van der Waals surface area (Å²) in [4.78, 5) is 28.5. The van der Waals surface area contributed by atoms with Crippen molar-refractivity contribution in [2.45, 2.75) is 24.4 Å². The Labute approximate surface area is 156 Å². The van der Waals surface area contributed by atoms with E-state index in [1.807, 2.05) is 0 Å². The molecule has 12 heteroatoms. The Kier molecular flexibility index (Phi) is 4.63. The Bertz CT molecular complexity index is 913. The SMILES string of the molecule is CC(O)(C(N)=O)C1(c2nn(C(F)(F)F)cc2-c2ccncc2)OCCNC1=O. The van der Waals surface area contributed by atoms with Gasteiger partial charge in [-0.05, 0) is 24.6 Å². The fraction of sp³-hybridized carbons (Fsp3) is 0.375. The van der Waals surface area contributed by atoms with E-state index in [0.29, 0.717) is 6.20 Å². The number of nitrogens with zero attached hydrogens (tertiary/aromatic N) is 3. The molecular formula is C16H16F3N5O4. The molecule has 28 heavy (non-hydrogen) atoms. The lowest BCUT2D eigenvalue weighted by Crippen LogP contribution is -2.68. The van der Waals surface area contributed by atoms with Gasteiger partial charge in [0.25, 0.3) is 11.8 Å². The minimum Gasteiger partial charge on any atom is -0.377 e. The molecule has 2 amide bonds. The average Bonchev–Trinajstić information content (AvgIpc) is 3.08. The first-order valence-corrected chi connectivity index (χ1v) is 8.04. The molecule has 0 bridgehead atoms. The van der Waals surface area contributed by atoms with E-state index in [2.05, 4.69) is 15.4 Å². The van der Waals surface area contributed by atoms with Gasteiger partial charge in [-0.1, -0.05) is 0 Å². The van der Waals surface area contributed by atoms with E-state index in [1.54, 1.807) is 0 Å². The van der Waals surface area contributed by atoms with E-state index >= 15 is 0 Å². The second kappa shape index (κ2) is 6.56. The highest BCUT2D eigenvalue weighted by Gasteiger charge is 2.63. The van der Waals surface area contributed by atoms with Crippen LogP contribution < -0.4 is 11.1 Å². The van der Waals surface area contributed by atoms with Crippen LogP contribution in [0.3, 0.4) is 0 Å². The summed E-state index contributed by atoms with van der Waals surface area (Å²) in [6.07, 6.45) is -1.64. The number of amides is 2. The molecule has 150 valence electrons. The van der Waals surface area contributed by atoms with Gasteiger partial charge in [-0.2, -0.15) is 9.78 Å². The predicted octanol–water partition coefficient (Wildman–Crippen LogP) is -0.000600. The Hall–Kier alpha value is -2.99. The van der Waals surface area contributed by atoms with Gasteiger partial charge in [0, 0.05) is 30.7 Å². The number of nitrogens with two attached hydrogens (primary N) is 1. The fourth-order valence-corrected chi connectivity index (χ4v) is 3.01. The number of carbonyl (C=O) groups is 2. The number of morpholine rings is 1. The summed E-state index contributed by atoms with van der Waals surface area (Å²) < 4.78 is 45.1. The number of primary amides is 1. The molecule has 0 aromatic carbocycles. The molecular weight excluding hydrogens is 383 g/mol. The number of nitrogens with one attached hydrogen (secondary N) is 1. The molecule has 0 aliphatic carbocycles. The van der Waals surface area contributed by atoms with Crippen molar-refractivity contribution in [1.82, 2.24) is 20.1 Å². The molecule has 1 aliphatic rings. The first-order chi connectivity index (χ1) is 13.0. The van der Waals surface area contributed by atoms with E-state index in [0.717, 1.165) is 6.92 Å². The van der Waals surface area contributed by atoms with Crippen LogP contribution in [0.4, 0.5) is 13.2 Å². The molecule has 2 atom stereocenters. The largest absolute Gasteiger partial charge is 0.504 e. The second-order valence-corrected chi connectivity index (χ2v) is 6.26. The van der Waals surface area contributed by atoms with Crippen molar-refractivity contribution in [3.63, 3.8) is 0 Å². The zero-order valence-electron chi connectivity index (χ0n) is 14.5. The minimum atomic E-state index is -4.93. The van der Waals surface area contributed by atoms with Gasteiger partial charge in [-0.25, -0.2) is 0 Å². The van der Waals surface area contributed by atoms with Crippen LogP contribution >= 0.6 is 0 Å². The lowest BCUT2D eigenvalue weighted by molar-refractivity contribution is -0.216. The first-order valence-electron chi connectivity index (χ1n) is 8.04. The van der Waals surface area contributed by atoms with Crippen molar-refractivity contribution in [2.75, 3.05) is 13.2 Å². The van der Waals surface area contributed by atoms with E-state index in [4.69, 9.17) is 10.5 Å². The van der Waals surface area contributed by atoms with Gasteiger partial charge in [0.1, 0.15) is 5.69 Å². The third-order valence-electron chi connectivity index (χ3n) is 4.49. The van der Waals surface area contributed by atoms with Crippen LogP contribution in [0.25, 0.3) is 11.1 Å². The Morgan fingerprint density at radius 3 is 2.57 bits per heavy atom. The van der Waals surface area contributed by atoms with Gasteiger partial charge in [-0.3, -0.25) is 14.6 Å². The Balaban J connectivity index is 2.36. The average molecular weight is 399 g/mol.